The highest BCUT2D eigenvalue weighted by Gasteiger charge is 2.25. The number of hydrogen-bond acceptors (Lipinski definition) is 2. The Hall–Kier alpha value is -3.02. The maximum absolute atomic E-state index is 14.4. The molecule has 1 amide bonds. The van der Waals surface area contributed by atoms with Gasteiger partial charge in [0, 0.05) is 42.0 Å². The second-order valence-electron chi connectivity index (χ2n) is 7.15. The van der Waals surface area contributed by atoms with Crippen LogP contribution in [0.1, 0.15) is 29.8 Å². The Balaban J connectivity index is 1.92. The monoisotopic (exact) mass is 367 g/mol. The molecule has 1 aromatic heterocycles. The third-order valence-electron chi connectivity index (χ3n) is 4.69. The average molecular weight is 367 g/mol. The molecule has 0 saturated heterocycles. The van der Waals surface area contributed by atoms with Gasteiger partial charge in [-0.2, -0.15) is 5.10 Å². The van der Waals surface area contributed by atoms with Crippen LogP contribution in [0.25, 0.3) is 22.4 Å². The fourth-order valence-corrected chi connectivity index (χ4v) is 3.49. The van der Waals surface area contributed by atoms with E-state index in [9.17, 15) is 13.6 Å². The van der Waals surface area contributed by atoms with Crippen molar-refractivity contribution in [1.82, 2.24) is 15.1 Å². The van der Waals surface area contributed by atoms with Crippen molar-refractivity contribution in [2.75, 3.05) is 0 Å². The molecule has 27 heavy (non-hydrogen) atoms. The van der Waals surface area contributed by atoms with Gasteiger partial charge in [0.25, 0.3) is 5.91 Å². The SMILES string of the molecule is CC(C)Cn1nccc1-c1cc(-c2ccc(F)cc2F)cc2c1CNC2=O. The van der Waals surface area contributed by atoms with Crippen LogP contribution in [0, 0.1) is 17.6 Å². The van der Waals surface area contributed by atoms with Crippen LogP contribution in [0.5, 0.6) is 0 Å². The first kappa shape index (κ1) is 17.4. The number of carbonyl (C=O) groups excluding carboxylic acids is 1. The molecular weight excluding hydrogens is 348 g/mol. The normalized spacial score (nSPS) is 13.1. The highest BCUT2D eigenvalue weighted by molar-refractivity contribution is 6.02. The van der Waals surface area contributed by atoms with Crippen LogP contribution in [0.15, 0.2) is 42.6 Å². The van der Waals surface area contributed by atoms with E-state index in [0.717, 1.165) is 29.4 Å². The van der Waals surface area contributed by atoms with Crippen molar-refractivity contribution in [3.8, 4) is 22.4 Å². The summed E-state index contributed by atoms with van der Waals surface area (Å²) in [4.78, 5) is 12.3. The number of benzene rings is 2. The number of nitrogens with one attached hydrogen (secondary N) is 1. The number of carbonyl (C=O) groups is 1. The lowest BCUT2D eigenvalue weighted by Crippen LogP contribution is -2.12. The number of aromatic nitrogens is 2. The summed E-state index contributed by atoms with van der Waals surface area (Å²) in [6, 6.07) is 8.88. The first-order valence-electron chi connectivity index (χ1n) is 8.86. The molecule has 0 fully saturated rings. The minimum atomic E-state index is -0.657. The molecule has 0 unspecified atom stereocenters. The predicted molar refractivity (Wildman–Crippen MR) is 99.0 cm³/mol. The van der Waals surface area contributed by atoms with Crippen molar-refractivity contribution in [1.29, 1.82) is 0 Å². The topological polar surface area (TPSA) is 46.9 Å². The quantitative estimate of drug-likeness (QED) is 0.743. The van der Waals surface area contributed by atoms with E-state index in [4.69, 9.17) is 0 Å². The van der Waals surface area contributed by atoms with E-state index in [1.807, 2.05) is 16.8 Å². The van der Waals surface area contributed by atoms with Crippen molar-refractivity contribution >= 4 is 5.91 Å². The number of halogens is 2. The van der Waals surface area contributed by atoms with Crippen molar-refractivity contribution < 1.29 is 13.6 Å². The summed E-state index contributed by atoms with van der Waals surface area (Å²) in [5.74, 6) is -1.08. The van der Waals surface area contributed by atoms with Gasteiger partial charge in [-0.15, -0.1) is 0 Å². The van der Waals surface area contributed by atoms with Crippen LogP contribution in [0.4, 0.5) is 8.78 Å². The molecule has 0 atom stereocenters. The fourth-order valence-electron chi connectivity index (χ4n) is 3.49. The van der Waals surface area contributed by atoms with Crippen molar-refractivity contribution in [2.45, 2.75) is 26.9 Å². The van der Waals surface area contributed by atoms with Crippen molar-refractivity contribution in [2.24, 2.45) is 5.92 Å². The Labute approximate surface area is 155 Å². The zero-order chi connectivity index (χ0) is 19.1. The minimum absolute atomic E-state index is 0.189. The standard InChI is InChI=1S/C21H19F2N3O/c1-12(2)11-26-20(5-6-25-26)16-7-13(8-17-18(16)10-24-21(17)27)15-4-3-14(22)9-19(15)23/h3-9,12H,10-11H2,1-2H3,(H,24,27). The summed E-state index contributed by atoms with van der Waals surface area (Å²) >= 11 is 0. The Bertz CT molecular complexity index is 1040. The Morgan fingerprint density at radius 2 is 1.89 bits per heavy atom. The van der Waals surface area contributed by atoms with Gasteiger partial charge in [0.15, 0.2) is 0 Å². The minimum Gasteiger partial charge on any atom is -0.348 e. The number of rotatable bonds is 4. The van der Waals surface area contributed by atoms with E-state index in [1.54, 1.807) is 12.3 Å². The molecule has 2 aromatic carbocycles. The molecule has 1 N–H and O–H groups in total. The Morgan fingerprint density at radius 3 is 2.63 bits per heavy atom. The van der Waals surface area contributed by atoms with E-state index in [-0.39, 0.29) is 11.5 Å². The molecule has 0 radical (unpaired) electrons. The lowest BCUT2D eigenvalue weighted by molar-refractivity contribution is 0.0966. The Morgan fingerprint density at radius 1 is 1.11 bits per heavy atom. The highest BCUT2D eigenvalue weighted by Crippen LogP contribution is 2.35. The third kappa shape index (κ3) is 3.12. The first-order valence-corrected chi connectivity index (χ1v) is 8.86. The largest absolute Gasteiger partial charge is 0.348 e. The molecule has 1 aliphatic rings. The summed E-state index contributed by atoms with van der Waals surface area (Å²) in [5.41, 5.74) is 3.90. The second-order valence-corrected chi connectivity index (χ2v) is 7.15. The van der Waals surface area contributed by atoms with Crippen LogP contribution >= 0.6 is 0 Å². The molecule has 138 valence electrons. The molecule has 0 saturated carbocycles. The van der Waals surface area contributed by atoms with Gasteiger partial charge >= 0.3 is 0 Å². The van der Waals surface area contributed by atoms with Gasteiger partial charge in [0.2, 0.25) is 0 Å². The number of amides is 1. The zero-order valence-corrected chi connectivity index (χ0v) is 15.1. The number of nitrogens with zero attached hydrogens (tertiary/aromatic N) is 2. The van der Waals surface area contributed by atoms with Gasteiger partial charge in [-0.3, -0.25) is 9.48 Å². The number of fused-ring (bicyclic) bond motifs is 1. The lowest BCUT2D eigenvalue weighted by atomic mass is 9.93. The van der Waals surface area contributed by atoms with Crippen molar-refractivity contribution in [3.63, 3.8) is 0 Å². The third-order valence-corrected chi connectivity index (χ3v) is 4.69. The van der Waals surface area contributed by atoms with Gasteiger partial charge in [-0.25, -0.2) is 8.78 Å². The lowest BCUT2D eigenvalue weighted by Gasteiger charge is -2.14. The fraction of sp³-hybridized carbons (Fsp3) is 0.238. The van der Waals surface area contributed by atoms with Gasteiger partial charge in [0.1, 0.15) is 11.6 Å². The molecule has 0 spiro atoms. The van der Waals surface area contributed by atoms with Crippen LogP contribution in [0.2, 0.25) is 0 Å². The van der Waals surface area contributed by atoms with E-state index >= 15 is 0 Å². The molecule has 6 heteroatoms. The van der Waals surface area contributed by atoms with Crippen LogP contribution in [0.3, 0.4) is 0 Å². The van der Waals surface area contributed by atoms with Gasteiger partial charge in [-0.1, -0.05) is 13.8 Å². The van der Waals surface area contributed by atoms with E-state index in [2.05, 4.69) is 24.3 Å². The first-order chi connectivity index (χ1) is 12.9. The van der Waals surface area contributed by atoms with E-state index < -0.39 is 11.6 Å². The average Bonchev–Trinajstić information content (AvgIpc) is 3.21. The molecule has 0 aliphatic carbocycles. The molecule has 3 aromatic rings. The molecule has 4 nitrogen and oxygen atoms in total. The summed E-state index contributed by atoms with van der Waals surface area (Å²) in [5, 5.41) is 7.22. The maximum Gasteiger partial charge on any atom is 0.251 e. The van der Waals surface area contributed by atoms with Gasteiger partial charge in [-0.05, 0) is 47.4 Å². The molecule has 1 aliphatic heterocycles. The maximum atomic E-state index is 14.4. The zero-order valence-electron chi connectivity index (χ0n) is 15.1. The summed E-state index contributed by atoms with van der Waals surface area (Å²) in [6.45, 7) is 5.35. The van der Waals surface area contributed by atoms with Crippen molar-refractivity contribution in [3.05, 3.63) is 65.4 Å². The smallest absolute Gasteiger partial charge is 0.251 e. The summed E-state index contributed by atoms with van der Waals surface area (Å²) in [6.07, 6.45) is 1.72. The summed E-state index contributed by atoms with van der Waals surface area (Å²) in [7, 11) is 0. The predicted octanol–water partition coefficient (Wildman–Crippen LogP) is 4.39. The Kier molecular flexibility index (Phi) is 4.26. The highest BCUT2D eigenvalue weighted by atomic mass is 19.1. The molecule has 0 bridgehead atoms. The van der Waals surface area contributed by atoms with Crippen LogP contribution in [-0.4, -0.2) is 15.7 Å². The van der Waals surface area contributed by atoms with Crippen LogP contribution in [-0.2, 0) is 13.1 Å². The van der Waals surface area contributed by atoms with E-state index in [1.165, 1.54) is 12.1 Å². The van der Waals surface area contributed by atoms with Crippen LogP contribution < -0.4 is 5.32 Å². The molecular formula is C21H19F2N3O. The summed E-state index contributed by atoms with van der Waals surface area (Å²) < 4.78 is 29.6. The van der Waals surface area contributed by atoms with E-state index in [0.29, 0.717) is 23.6 Å². The van der Waals surface area contributed by atoms with Gasteiger partial charge < -0.3 is 5.32 Å². The number of hydrogen-bond donors (Lipinski definition) is 1. The van der Waals surface area contributed by atoms with Gasteiger partial charge in [0.05, 0.1) is 5.69 Å². The molecule has 2 heterocycles. The second kappa shape index (κ2) is 6.61. The molecule has 4 rings (SSSR count).